The summed E-state index contributed by atoms with van der Waals surface area (Å²) < 4.78 is 10.9. The highest BCUT2D eigenvalue weighted by Crippen LogP contribution is 2.63. The molecule has 4 rings (SSSR count). The highest BCUT2D eigenvalue weighted by atomic mass is 16.6. The number of aliphatic hydroxyl groups excluding tert-OH is 3. The van der Waals surface area contributed by atoms with Gasteiger partial charge in [-0.15, -0.1) is 0 Å². The molecule has 0 aromatic carbocycles. The van der Waals surface area contributed by atoms with Gasteiger partial charge in [-0.05, 0) is 12.5 Å². The number of esters is 1. The zero-order valence-corrected chi connectivity index (χ0v) is 15.2. The molecule has 1 aromatic heterocycles. The quantitative estimate of drug-likeness (QED) is 0.629. The normalized spacial score (nSPS) is 43.8. The zero-order chi connectivity index (χ0) is 19.2. The lowest BCUT2D eigenvalue weighted by molar-refractivity contribution is -0.160. The number of hydrogen-bond acceptors (Lipinski definition) is 7. The Morgan fingerprint density at radius 2 is 1.73 bits per heavy atom. The molecule has 2 fully saturated rings. The molecule has 142 valence electrons. The summed E-state index contributed by atoms with van der Waals surface area (Å²) in [5.41, 5.74) is -1.96. The van der Waals surface area contributed by atoms with E-state index in [2.05, 4.69) is 0 Å². The maximum absolute atomic E-state index is 12.7. The van der Waals surface area contributed by atoms with Crippen LogP contribution in [-0.2, 0) is 14.9 Å². The van der Waals surface area contributed by atoms with E-state index in [0.717, 1.165) is 0 Å². The Labute approximate surface area is 150 Å². The van der Waals surface area contributed by atoms with Crippen molar-refractivity contribution in [2.24, 2.45) is 11.3 Å². The number of carbonyl (C=O) groups excluding carboxylic acids is 1. The number of aliphatic hydroxyl groups is 3. The highest BCUT2D eigenvalue weighted by molar-refractivity contribution is 5.81. The maximum Gasteiger partial charge on any atom is 0.336 e. The molecule has 1 aromatic rings. The second-order valence-electron chi connectivity index (χ2n) is 8.54. The molecular weight excluding hydrogens is 340 g/mol. The topological polar surface area (TPSA) is 117 Å². The van der Waals surface area contributed by atoms with Gasteiger partial charge in [-0.3, -0.25) is 4.79 Å². The molecule has 7 heteroatoms. The van der Waals surface area contributed by atoms with Crippen molar-refractivity contribution in [3.05, 3.63) is 33.4 Å². The van der Waals surface area contributed by atoms with Gasteiger partial charge in [0.05, 0.1) is 17.6 Å². The zero-order valence-electron chi connectivity index (χ0n) is 15.2. The van der Waals surface area contributed by atoms with Crippen molar-refractivity contribution in [2.45, 2.75) is 69.9 Å². The van der Waals surface area contributed by atoms with E-state index in [1.54, 1.807) is 13.8 Å². The van der Waals surface area contributed by atoms with Gasteiger partial charge < -0.3 is 24.5 Å². The van der Waals surface area contributed by atoms with Crippen molar-refractivity contribution in [2.75, 3.05) is 0 Å². The molecule has 3 aliphatic rings. The van der Waals surface area contributed by atoms with Crippen LogP contribution in [0.25, 0.3) is 0 Å². The number of carbonyl (C=O) groups is 1. The van der Waals surface area contributed by atoms with Crippen LogP contribution in [0.1, 0.15) is 63.0 Å². The molecule has 7 nitrogen and oxygen atoms in total. The predicted octanol–water partition coefficient (Wildman–Crippen LogP) is 0.741. The van der Waals surface area contributed by atoms with Crippen LogP contribution in [0.2, 0.25) is 0 Å². The first-order valence-electron chi connectivity index (χ1n) is 8.98. The first-order valence-corrected chi connectivity index (χ1v) is 8.98. The van der Waals surface area contributed by atoms with Gasteiger partial charge in [-0.2, -0.15) is 0 Å². The van der Waals surface area contributed by atoms with E-state index < -0.39 is 52.8 Å². The van der Waals surface area contributed by atoms with Crippen molar-refractivity contribution in [1.29, 1.82) is 0 Å². The molecule has 1 saturated heterocycles. The van der Waals surface area contributed by atoms with E-state index in [1.807, 2.05) is 13.8 Å². The fourth-order valence-corrected chi connectivity index (χ4v) is 5.46. The molecule has 0 bridgehead atoms. The van der Waals surface area contributed by atoms with E-state index in [1.165, 1.54) is 6.07 Å². The molecule has 7 atom stereocenters. The van der Waals surface area contributed by atoms with Crippen molar-refractivity contribution >= 4 is 5.97 Å². The van der Waals surface area contributed by atoms with Gasteiger partial charge in [0, 0.05) is 35.3 Å². The molecule has 1 aliphatic heterocycles. The summed E-state index contributed by atoms with van der Waals surface area (Å²) in [7, 11) is 0. The lowest BCUT2D eigenvalue weighted by Crippen LogP contribution is -2.64. The second kappa shape index (κ2) is 5.18. The minimum atomic E-state index is -1.26. The standard InChI is InChI=1S/C19H24O7/c1-7(2)14-12-8(5-11(22)25-14)18(3)9(20)6-10(21)19(4)16(18)15(13(12)23)26-17(19)24/h5,7,9-10,13,15-16,20-21,23H,6H2,1-4H3. The molecule has 2 aliphatic carbocycles. The molecule has 0 amide bonds. The smallest absolute Gasteiger partial charge is 0.336 e. The van der Waals surface area contributed by atoms with E-state index in [-0.39, 0.29) is 12.3 Å². The summed E-state index contributed by atoms with van der Waals surface area (Å²) in [6, 6.07) is 1.30. The van der Waals surface area contributed by atoms with Crippen LogP contribution in [0.4, 0.5) is 0 Å². The number of rotatable bonds is 1. The number of hydrogen-bond donors (Lipinski definition) is 3. The minimum Gasteiger partial charge on any atom is -0.458 e. The Kier molecular flexibility index (Phi) is 3.53. The first-order chi connectivity index (χ1) is 12.0. The summed E-state index contributed by atoms with van der Waals surface area (Å²) in [5, 5.41) is 32.5. The minimum absolute atomic E-state index is 0.0158. The second-order valence-corrected chi connectivity index (χ2v) is 8.54. The molecular formula is C19H24O7. The summed E-state index contributed by atoms with van der Waals surface area (Å²) in [4.78, 5) is 24.9. The van der Waals surface area contributed by atoms with Gasteiger partial charge in [-0.25, -0.2) is 4.79 Å². The van der Waals surface area contributed by atoms with Gasteiger partial charge in [0.25, 0.3) is 0 Å². The molecule has 7 unspecified atom stereocenters. The number of ether oxygens (including phenoxy) is 1. The molecule has 2 heterocycles. The monoisotopic (exact) mass is 364 g/mol. The average molecular weight is 364 g/mol. The highest BCUT2D eigenvalue weighted by Gasteiger charge is 2.72. The van der Waals surface area contributed by atoms with Gasteiger partial charge in [0.15, 0.2) is 0 Å². The van der Waals surface area contributed by atoms with Crippen molar-refractivity contribution in [3.8, 4) is 0 Å². The molecule has 3 N–H and O–H groups in total. The number of fused-ring (bicyclic) bond motifs is 2. The van der Waals surface area contributed by atoms with Crippen molar-refractivity contribution < 1.29 is 29.3 Å². The van der Waals surface area contributed by atoms with E-state index in [0.29, 0.717) is 16.9 Å². The largest absolute Gasteiger partial charge is 0.458 e. The van der Waals surface area contributed by atoms with Crippen molar-refractivity contribution in [3.63, 3.8) is 0 Å². The Bertz CT molecular complexity index is 843. The molecule has 26 heavy (non-hydrogen) atoms. The first kappa shape index (κ1) is 17.7. The van der Waals surface area contributed by atoms with Crippen LogP contribution in [0.15, 0.2) is 15.3 Å². The van der Waals surface area contributed by atoms with Crippen LogP contribution in [0, 0.1) is 11.3 Å². The van der Waals surface area contributed by atoms with Gasteiger partial charge in [0.2, 0.25) is 0 Å². The van der Waals surface area contributed by atoms with Gasteiger partial charge in [0.1, 0.15) is 18.0 Å². The Balaban J connectivity index is 2.07. The third kappa shape index (κ3) is 1.83. The summed E-state index contributed by atoms with van der Waals surface area (Å²) in [5.74, 6) is -1.09. The van der Waals surface area contributed by atoms with Crippen LogP contribution < -0.4 is 5.63 Å². The lowest BCUT2D eigenvalue weighted by Gasteiger charge is -2.56. The Hall–Kier alpha value is -1.70. The van der Waals surface area contributed by atoms with Gasteiger partial charge >= 0.3 is 11.6 Å². The third-order valence-corrected chi connectivity index (χ3v) is 6.87. The lowest BCUT2D eigenvalue weighted by atomic mass is 9.47. The summed E-state index contributed by atoms with van der Waals surface area (Å²) >= 11 is 0. The Morgan fingerprint density at radius 3 is 2.35 bits per heavy atom. The third-order valence-electron chi connectivity index (χ3n) is 6.87. The fourth-order valence-electron chi connectivity index (χ4n) is 5.46. The maximum atomic E-state index is 12.7. The average Bonchev–Trinajstić information content (AvgIpc) is 2.84. The van der Waals surface area contributed by atoms with Crippen LogP contribution in [-0.4, -0.2) is 39.6 Å². The molecule has 0 radical (unpaired) electrons. The molecule has 0 spiro atoms. The van der Waals surface area contributed by atoms with Crippen LogP contribution in [0.3, 0.4) is 0 Å². The van der Waals surface area contributed by atoms with Crippen LogP contribution in [0.5, 0.6) is 0 Å². The predicted molar refractivity (Wildman–Crippen MR) is 89.5 cm³/mol. The van der Waals surface area contributed by atoms with E-state index in [4.69, 9.17) is 9.15 Å². The summed E-state index contributed by atoms with van der Waals surface area (Å²) in [6.07, 6.45) is -4.21. The SMILES string of the molecule is CC(C)c1oc(=O)cc2c1C(O)C1OC(=O)C3(C)C(O)CC(O)C2(C)C13. The van der Waals surface area contributed by atoms with Gasteiger partial charge in [-0.1, -0.05) is 20.8 Å². The van der Waals surface area contributed by atoms with Crippen LogP contribution >= 0.6 is 0 Å². The van der Waals surface area contributed by atoms with E-state index >= 15 is 0 Å². The Morgan fingerprint density at radius 1 is 1.12 bits per heavy atom. The summed E-state index contributed by atoms with van der Waals surface area (Å²) in [6.45, 7) is 7.06. The van der Waals surface area contributed by atoms with Crippen molar-refractivity contribution in [1.82, 2.24) is 0 Å². The van der Waals surface area contributed by atoms with E-state index in [9.17, 15) is 24.9 Å². The fraction of sp³-hybridized carbons (Fsp3) is 0.684. The molecule has 1 saturated carbocycles.